The minimum absolute atomic E-state index is 0.0453. The van der Waals surface area contributed by atoms with Crippen molar-refractivity contribution in [3.8, 4) is 11.5 Å². The Hall–Kier alpha value is -1.78. The van der Waals surface area contributed by atoms with Gasteiger partial charge in [-0.1, -0.05) is 23.7 Å². The van der Waals surface area contributed by atoms with E-state index >= 15 is 0 Å². The van der Waals surface area contributed by atoms with Crippen LogP contribution in [0, 0.1) is 0 Å². The van der Waals surface area contributed by atoms with Crippen molar-refractivity contribution in [3.63, 3.8) is 0 Å². The van der Waals surface area contributed by atoms with Crippen LogP contribution >= 0.6 is 11.6 Å². The first-order chi connectivity index (χ1) is 10.1. The number of rotatable bonds is 6. The summed E-state index contributed by atoms with van der Waals surface area (Å²) in [4.78, 5) is 3.96. The summed E-state index contributed by atoms with van der Waals surface area (Å²) in [7, 11) is 1.62. The average molecular weight is 307 g/mol. The molecule has 0 aliphatic carbocycles. The third-order valence-corrected chi connectivity index (χ3v) is 3.39. The van der Waals surface area contributed by atoms with Crippen molar-refractivity contribution in [1.29, 1.82) is 0 Å². The first-order valence-electron chi connectivity index (χ1n) is 6.74. The number of nitrogens with zero attached hydrogens (tertiary/aromatic N) is 1. The summed E-state index contributed by atoms with van der Waals surface area (Å²) in [6, 6.07) is 7.68. The van der Waals surface area contributed by atoms with Crippen molar-refractivity contribution in [2.24, 2.45) is 5.73 Å². The Morgan fingerprint density at radius 3 is 2.76 bits per heavy atom. The quantitative estimate of drug-likeness (QED) is 0.890. The Bertz CT molecular complexity index is 603. The highest BCUT2D eigenvalue weighted by atomic mass is 35.5. The minimum Gasteiger partial charge on any atom is -0.493 e. The Morgan fingerprint density at radius 2 is 2.10 bits per heavy atom. The molecule has 0 amide bonds. The van der Waals surface area contributed by atoms with E-state index in [4.69, 9.17) is 26.8 Å². The average Bonchev–Trinajstić information content (AvgIpc) is 2.46. The van der Waals surface area contributed by atoms with E-state index in [1.807, 2.05) is 31.2 Å². The second-order valence-corrected chi connectivity index (χ2v) is 5.29. The largest absolute Gasteiger partial charge is 0.493 e. The number of benzene rings is 1. The molecule has 0 saturated carbocycles. The van der Waals surface area contributed by atoms with E-state index in [9.17, 15) is 0 Å². The van der Waals surface area contributed by atoms with Crippen molar-refractivity contribution >= 4 is 11.6 Å². The Kier molecular flexibility index (Phi) is 5.42. The van der Waals surface area contributed by atoms with Gasteiger partial charge in [0.25, 0.3) is 0 Å². The highest BCUT2D eigenvalue weighted by molar-refractivity contribution is 6.31. The molecule has 1 aromatic carbocycles. The number of hydrogen-bond acceptors (Lipinski definition) is 4. The molecular weight excluding hydrogens is 288 g/mol. The van der Waals surface area contributed by atoms with Crippen LogP contribution in [-0.2, 0) is 13.0 Å². The monoisotopic (exact) mass is 306 g/mol. The molecule has 0 aliphatic rings. The van der Waals surface area contributed by atoms with Crippen LogP contribution in [0.4, 0.5) is 0 Å². The van der Waals surface area contributed by atoms with Crippen LogP contribution in [0.15, 0.2) is 36.7 Å². The molecule has 0 radical (unpaired) electrons. The lowest BCUT2D eigenvalue weighted by molar-refractivity contribution is 0.281. The zero-order chi connectivity index (χ0) is 15.2. The fourth-order valence-corrected chi connectivity index (χ4v) is 2.24. The van der Waals surface area contributed by atoms with E-state index < -0.39 is 0 Å². The second kappa shape index (κ2) is 7.29. The first kappa shape index (κ1) is 15.6. The lowest BCUT2D eigenvalue weighted by atomic mass is 10.1. The highest BCUT2D eigenvalue weighted by Gasteiger charge is 2.13. The van der Waals surface area contributed by atoms with Gasteiger partial charge in [-0.05, 0) is 31.0 Å². The smallest absolute Gasteiger partial charge is 0.164 e. The topological polar surface area (TPSA) is 57.4 Å². The number of pyridine rings is 1. The summed E-state index contributed by atoms with van der Waals surface area (Å²) in [6.07, 6.45) is 4.01. The summed E-state index contributed by atoms with van der Waals surface area (Å²) in [6.45, 7) is 2.32. The molecule has 1 aromatic heterocycles. The van der Waals surface area contributed by atoms with Crippen molar-refractivity contribution in [2.75, 3.05) is 7.11 Å². The maximum Gasteiger partial charge on any atom is 0.164 e. The lowest BCUT2D eigenvalue weighted by Gasteiger charge is -2.16. The van der Waals surface area contributed by atoms with Gasteiger partial charge in [0.15, 0.2) is 11.5 Å². The van der Waals surface area contributed by atoms with Gasteiger partial charge in [0.1, 0.15) is 6.61 Å². The van der Waals surface area contributed by atoms with Gasteiger partial charge in [0.05, 0.1) is 12.1 Å². The van der Waals surface area contributed by atoms with Gasteiger partial charge in [-0.15, -0.1) is 0 Å². The minimum atomic E-state index is 0.0453. The lowest BCUT2D eigenvalue weighted by Crippen LogP contribution is -2.18. The molecule has 112 valence electrons. The van der Waals surface area contributed by atoms with E-state index in [0.29, 0.717) is 23.1 Å². The number of nitrogens with two attached hydrogens (primary N) is 1. The summed E-state index contributed by atoms with van der Waals surface area (Å²) in [5.74, 6) is 1.41. The zero-order valence-electron chi connectivity index (χ0n) is 12.2. The number of methoxy groups -OCH3 is 1. The van der Waals surface area contributed by atoms with Crippen LogP contribution in [0.5, 0.6) is 11.5 Å². The summed E-state index contributed by atoms with van der Waals surface area (Å²) < 4.78 is 11.3. The predicted octanol–water partition coefficient (Wildman–Crippen LogP) is 3.21. The first-order valence-corrected chi connectivity index (χ1v) is 7.12. The van der Waals surface area contributed by atoms with E-state index in [-0.39, 0.29) is 6.04 Å². The molecule has 21 heavy (non-hydrogen) atoms. The van der Waals surface area contributed by atoms with Crippen LogP contribution in [0.25, 0.3) is 0 Å². The van der Waals surface area contributed by atoms with Gasteiger partial charge in [0.2, 0.25) is 0 Å². The molecule has 0 aliphatic heterocycles. The molecule has 1 unspecified atom stereocenters. The summed E-state index contributed by atoms with van der Waals surface area (Å²) in [5.41, 5.74) is 7.79. The van der Waals surface area contributed by atoms with E-state index in [2.05, 4.69) is 4.98 Å². The van der Waals surface area contributed by atoms with Gasteiger partial charge in [0, 0.05) is 24.0 Å². The third-order valence-electron chi connectivity index (χ3n) is 3.05. The van der Waals surface area contributed by atoms with E-state index in [1.165, 1.54) is 0 Å². The zero-order valence-corrected chi connectivity index (χ0v) is 12.9. The second-order valence-electron chi connectivity index (χ2n) is 4.89. The maximum absolute atomic E-state index is 6.09. The van der Waals surface area contributed by atoms with Crippen LogP contribution in [0.2, 0.25) is 5.02 Å². The number of para-hydroxylation sites is 1. The Balaban J connectivity index is 2.23. The van der Waals surface area contributed by atoms with Gasteiger partial charge < -0.3 is 15.2 Å². The standard InChI is InChI=1S/C16H19ClN2O2/c1-11(18)8-12-4-3-5-15(20-2)16(12)21-10-13-6-7-19-9-14(13)17/h3-7,9,11H,8,10,18H2,1-2H3. The number of hydrogen-bond donors (Lipinski definition) is 1. The fraction of sp³-hybridized carbons (Fsp3) is 0.312. The summed E-state index contributed by atoms with van der Waals surface area (Å²) >= 11 is 6.09. The molecule has 1 atom stereocenters. The molecule has 2 rings (SSSR count). The normalized spacial score (nSPS) is 12.0. The van der Waals surface area contributed by atoms with Crippen LogP contribution < -0.4 is 15.2 Å². The summed E-state index contributed by atoms with van der Waals surface area (Å²) in [5, 5.41) is 0.584. The molecule has 0 bridgehead atoms. The van der Waals surface area contributed by atoms with E-state index in [1.54, 1.807) is 19.5 Å². The van der Waals surface area contributed by atoms with Crippen molar-refractivity contribution in [3.05, 3.63) is 52.8 Å². The van der Waals surface area contributed by atoms with Crippen LogP contribution in [0.1, 0.15) is 18.1 Å². The molecule has 0 saturated heterocycles. The number of ether oxygens (including phenoxy) is 2. The van der Waals surface area contributed by atoms with Crippen molar-refractivity contribution in [1.82, 2.24) is 4.98 Å². The van der Waals surface area contributed by atoms with Crippen molar-refractivity contribution < 1.29 is 9.47 Å². The maximum atomic E-state index is 6.09. The molecule has 5 heteroatoms. The van der Waals surface area contributed by atoms with Crippen LogP contribution in [0.3, 0.4) is 0 Å². The third kappa shape index (κ3) is 4.09. The van der Waals surface area contributed by atoms with Gasteiger partial charge in [-0.3, -0.25) is 4.98 Å². The van der Waals surface area contributed by atoms with Crippen molar-refractivity contribution in [2.45, 2.75) is 26.0 Å². The molecule has 2 N–H and O–H groups in total. The SMILES string of the molecule is COc1cccc(CC(C)N)c1OCc1ccncc1Cl. The molecule has 0 fully saturated rings. The molecular formula is C16H19ClN2O2. The van der Waals surface area contributed by atoms with Gasteiger partial charge in [-0.25, -0.2) is 0 Å². The number of aromatic nitrogens is 1. The van der Waals surface area contributed by atoms with E-state index in [0.717, 1.165) is 17.5 Å². The molecule has 0 spiro atoms. The fourth-order valence-electron chi connectivity index (χ4n) is 2.06. The van der Waals surface area contributed by atoms with Gasteiger partial charge in [-0.2, -0.15) is 0 Å². The Labute approximate surface area is 129 Å². The predicted molar refractivity (Wildman–Crippen MR) is 83.9 cm³/mol. The van der Waals surface area contributed by atoms with Gasteiger partial charge >= 0.3 is 0 Å². The highest BCUT2D eigenvalue weighted by Crippen LogP contribution is 2.33. The van der Waals surface area contributed by atoms with Crippen LogP contribution in [-0.4, -0.2) is 18.1 Å². The molecule has 2 aromatic rings. The number of halogens is 1. The molecule has 1 heterocycles. The Morgan fingerprint density at radius 1 is 1.29 bits per heavy atom. The molecule has 4 nitrogen and oxygen atoms in total.